The van der Waals surface area contributed by atoms with Crippen LogP contribution in [0.25, 0.3) is 21.9 Å². The van der Waals surface area contributed by atoms with Gasteiger partial charge in [-0.1, -0.05) is 42.5 Å². The van der Waals surface area contributed by atoms with Crippen LogP contribution in [0.2, 0.25) is 0 Å². The zero-order chi connectivity index (χ0) is 24.8. The molecule has 0 bridgehead atoms. The molecule has 180 valence electrons. The van der Waals surface area contributed by atoms with Crippen LogP contribution < -0.4 is 10.3 Å². The number of carboxylic acids is 1. The van der Waals surface area contributed by atoms with Crippen molar-refractivity contribution < 1.29 is 19.7 Å². The van der Waals surface area contributed by atoms with E-state index in [-0.39, 0.29) is 18.5 Å². The van der Waals surface area contributed by atoms with Gasteiger partial charge in [0.15, 0.2) is 0 Å². The van der Waals surface area contributed by atoms with Gasteiger partial charge in [0, 0.05) is 29.8 Å². The van der Waals surface area contributed by atoms with E-state index in [2.05, 4.69) is 10.1 Å². The predicted molar refractivity (Wildman–Crippen MR) is 132 cm³/mol. The van der Waals surface area contributed by atoms with Crippen LogP contribution in [0.5, 0.6) is 5.88 Å². The first kappa shape index (κ1) is 24.1. The zero-order valence-electron chi connectivity index (χ0n) is 19.4. The Labute approximate surface area is 202 Å². The number of carbonyl (C=O) groups is 1. The molecule has 2 atom stereocenters. The number of hydrogen-bond donors (Lipinski definition) is 2. The number of nitrogens with zero attached hydrogens (tertiary/aromatic N) is 3. The third kappa shape index (κ3) is 5.73. The summed E-state index contributed by atoms with van der Waals surface area (Å²) in [4.78, 5) is 28.7. The first-order chi connectivity index (χ1) is 17.0. The Hall–Kier alpha value is -4.04. The van der Waals surface area contributed by atoms with Crippen molar-refractivity contribution in [3.05, 3.63) is 89.0 Å². The van der Waals surface area contributed by atoms with E-state index < -0.39 is 18.0 Å². The largest absolute Gasteiger partial charge is 0.481 e. The van der Waals surface area contributed by atoms with E-state index in [1.54, 1.807) is 43.8 Å². The summed E-state index contributed by atoms with van der Waals surface area (Å²) in [6.07, 6.45) is 3.21. The topological polar surface area (TPSA) is 115 Å². The molecule has 4 aromatic rings. The third-order valence-corrected chi connectivity index (χ3v) is 6.16. The molecule has 8 heteroatoms. The SMILES string of the molecule is COc1ccc(-c2ccc(CC[C@@H](O)[C@H](CCn3ncc4ccccc4c3=O)C(=O)O)cc2)cn1. The van der Waals surface area contributed by atoms with Crippen LogP contribution in [0.15, 0.2) is 77.9 Å². The van der Waals surface area contributed by atoms with Crippen molar-refractivity contribution in [1.29, 1.82) is 0 Å². The highest BCUT2D eigenvalue weighted by atomic mass is 16.5. The summed E-state index contributed by atoms with van der Waals surface area (Å²) in [5, 5.41) is 25.7. The monoisotopic (exact) mass is 473 g/mol. The summed E-state index contributed by atoms with van der Waals surface area (Å²) in [7, 11) is 1.57. The molecule has 0 fully saturated rings. The van der Waals surface area contributed by atoms with E-state index in [4.69, 9.17) is 4.74 Å². The number of aromatic nitrogens is 3. The van der Waals surface area contributed by atoms with Crippen molar-refractivity contribution in [2.45, 2.75) is 31.9 Å². The maximum absolute atomic E-state index is 12.6. The molecule has 0 aliphatic rings. The second-order valence-electron chi connectivity index (χ2n) is 8.39. The van der Waals surface area contributed by atoms with Crippen LogP contribution in [0.3, 0.4) is 0 Å². The molecule has 0 saturated heterocycles. The number of benzene rings is 2. The fourth-order valence-electron chi connectivity index (χ4n) is 4.08. The van der Waals surface area contributed by atoms with Crippen LogP contribution in [-0.2, 0) is 17.8 Å². The Balaban J connectivity index is 1.36. The van der Waals surface area contributed by atoms with Crippen LogP contribution in [0.1, 0.15) is 18.4 Å². The lowest BCUT2D eigenvalue weighted by atomic mass is 9.93. The highest BCUT2D eigenvalue weighted by molar-refractivity contribution is 5.80. The van der Waals surface area contributed by atoms with E-state index in [1.165, 1.54) is 4.68 Å². The number of methoxy groups -OCH3 is 1. The van der Waals surface area contributed by atoms with Gasteiger partial charge in [-0.2, -0.15) is 5.10 Å². The zero-order valence-corrected chi connectivity index (χ0v) is 19.4. The minimum Gasteiger partial charge on any atom is -0.481 e. The van der Waals surface area contributed by atoms with E-state index in [0.29, 0.717) is 24.1 Å². The van der Waals surface area contributed by atoms with Crippen molar-refractivity contribution in [2.75, 3.05) is 7.11 Å². The fourth-order valence-corrected chi connectivity index (χ4v) is 4.08. The molecule has 4 rings (SSSR count). The van der Waals surface area contributed by atoms with Gasteiger partial charge in [-0.3, -0.25) is 9.59 Å². The minimum absolute atomic E-state index is 0.102. The lowest BCUT2D eigenvalue weighted by Crippen LogP contribution is -2.32. The Morgan fingerprint density at radius 3 is 2.43 bits per heavy atom. The average molecular weight is 474 g/mol. The number of fused-ring (bicyclic) bond motifs is 1. The molecule has 2 aromatic carbocycles. The molecule has 0 spiro atoms. The predicted octanol–water partition coefficient (Wildman–Crippen LogP) is 3.55. The molecule has 0 unspecified atom stereocenters. The van der Waals surface area contributed by atoms with Crippen molar-refractivity contribution in [3.8, 4) is 17.0 Å². The van der Waals surface area contributed by atoms with Crippen LogP contribution in [-0.4, -0.2) is 44.2 Å². The molecule has 0 aliphatic heterocycles. The smallest absolute Gasteiger partial charge is 0.309 e. The summed E-state index contributed by atoms with van der Waals surface area (Å²) >= 11 is 0. The van der Waals surface area contributed by atoms with Crippen molar-refractivity contribution in [2.24, 2.45) is 5.92 Å². The third-order valence-electron chi connectivity index (χ3n) is 6.16. The summed E-state index contributed by atoms with van der Waals surface area (Å²) in [6.45, 7) is 0.113. The normalized spacial score (nSPS) is 12.9. The number of ether oxygens (including phenoxy) is 1. The molecule has 0 radical (unpaired) electrons. The number of aliphatic hydroxyl groups excluding tert-OH is 1. The van der Waals surface area contributed by atoms with E-state index in [9.17, 15) is 19.8 Å². The van der Waals surface area contributed by atoms with Gasteiger partial charge < -0.3 is 14.9 Å². The Bertz CT molecular complexity index is 1350. The molecular weight excluding hydrogens is 446 g/mol. The first-order valence-corrected chi connectivity index (χ1v) is 11.4. The highest BCUT2D eigenvalue weighted by Gasteiger charge is 2.26. The van der Waals surface area contributed by atoms with E-state index in [1.807, 2.05) is 36.4 Å². The molecule has 8 nitrogen and oxygen atoms in total. The summed E-state index contributed by atoms with van der Waals surface area (Å²) in [5.41, 5.74) is 2.68. The van der Waals surface area contributed by atoms with Gasteiger partial charge in [-0.25, -0.2) is 9.67 Å². The summed E-state index contributed by atoms with van der Waals surface area (Å²) in [6, 6.07) is 18.7. The van der Waals surface area contributed by atoms with Gasteiger partial charge in [0.25, 0.3) is 5.56 Å². The Morgan fingerprint density at radius 2 is 1.74 bits per heavy atom. The Kier molecular flexibility index (Phi) is 7.52. The number of aryl methyl sites for hydroxylation is 2. The summed E-state index contributed by atoms with van der Waals surface area (Å²) in [5.74, 6) is -1.54. The molecular formula is C27H27N3O5. The van der Waals surface area contributed by atoms with Crippen LogP contribution >= 0.6 is 0 Å². The number of rotatable bonds is 10. The maximum Gasteiger partial charge on any atom is 0.309 e. The second kappa shape index (κ2) is 10.9. The Morgan fingerprint density at radius 1 is 1.00 bits per heavy atom. The van der Waals surface area contributed by atoms with E-state index in [0.717, 1.165) is 22.1 Å². The van der Waals surface area contributed by atoms with Crippen molar-refractivity contribution in [1.82, 2.24) is 14.8 Å². The van der Waals surface area contributed by atoms with Gasteiger partial charge in [0.05, 0.1) is 30.7 Å². The highest BCUT2D eigenvalue weighted by Crippen LogP contribution is 2.22. The minimum atomic E-state index is -1.09. The van der Waals surface area contributed by atoms with Gasteiger partial charge in [0.1, 0.15) is 0 Å². The van der Waals surface area contributed by atoms with Crippen LogP contribution in [0, 0.1) is 5.92 Å². The second-order valence-corrected chi connectivity index (χ2v) is 8.39. The number of hydrogen-bond acceptors (Lipinski definition) is 6. The molecule has 2 aromatic heterocycles. The molecule has 2 N–H and O–H groups in total. The molecule has 0 saturated carbocycles. The molecule has 0 aliphatic carbocycles. The van der Waals surface area contributed by atoms with Crippen molar-refractivity contribution in [3.63, 3.8) is 0 Å². The average Bonchev–Trinajstić information content (AvgIpc) is 2.89. The number of pyridine rings is 1. The molecule has 2 heterocycles. The van der Waals surface area contributed by atoms with Gasteiger partial charge >= 0.3 is 5.97 Å². The van der Waals surface area contributed by atoms with E-state index >= 15 is 0 Å². The van der Waals surface area contributed by atoms with Gasteiger partial charge in [0.2, 0.25) is 5.88 Å². The maximum atomic E-state index is 12.6. The van der Waals surface area contributed by atoms with Crippen molar-refractivity contribution >= 4 is 16.7 Å². The standard InChI is InChI=1S/C27H27N3O5/c1-35-25-13-11-20(16-28-25)19-9-6-18(7-10-19)8-12-24(31)23(27(33)34)14-15-30-26(32)22-5-3-2-4-21(22)17-29-30/h2-7,9-11,13,16-17,23-24,31H,8,12,14-15H2,1H3,(H,33,34)/t23-,24+/m0/s1. The lowest BCUT2D eigenvalue weighted by molar-refractivity contribution is -0.146. The van der Waals surface area contributed by atoms with Crippen LogP contribution in [0.4, 0.5) is 0 Å². The first-order valence-electron chi connectivity index (χ1n) is 11.4. The number of aliphatic hydroxyl groups is 1. The summed E-state index contributed by atoms with van der Waals surface area (Å²) < 4.78 is 6.34. The number of carboxylic acid groups (broad SMARTS) is 1. The molecule has 35 heavy (non-hydrogen) atoms. The lowest BCUT2D eigenvalue weighted by Gasteiger charge is -2.19. The van der Waals surface area contributed by atoms with Gasteiger partial charge in [-0.05, 0) is 42.5 Å². The quantitative estimate of drug-likeness (QED) is 0.362. The van der Waals surface area contributed by atoms with Gasteiger partial charge in [-0.15, -0.1) is 0 Å². The number of aliphatic carboxylic acids is 1. The fraction of sp³-hybridized carbons (Fsp3) is 0.259. The molecule has 0 amide bonds.